The Morgan fingerprint density at radius 3 is 2.50 bits per heavy atom. The van der Waals surface area contributed by atoms with Crippen LogP contribution in [0.1, 0.15) is 38.3 Å². The second-order valence-corrected chi connectivity index (χ2v) is 6.94. The standard InChI is InChI=1S/C22H31N3O3/c1-4-25(5-2)19-8-6-7-18(13-19)15-23-20-12-11-17(14-21(20)26)10-9-16(3)24-22(27)28/h6-8,11-14,16,23-24,26H,4-5,9-10,15H2,1-3H3,(H,27,28)/t16-/m0/s1. The molecule has 0 aliphatic carbocycles. The smallest absolute Gasteiger partial charge is 0.404 e. The second kappa shape index (κ2) is 10.4. The molecule has 0 aliphatic heterocycles. The molecule has 0 bridgehead atoms. The molecule has 0 aliphatic rings. The first-order chi connectivity index (χ1) is 13.4. The molecule has 28 heavy (non-hydrogen) atoms. The summed E-state index contributed by atoms with van der Waals surface area (Å²) < 4.78 is 0. The maximum absolute atomic E-state index is 10.6. The lowest BCUT2D eigenvalue weighted by Crippen LogP contribution is -2.31. The van der Waals surface area contributed by atoms with Gasteiger partial charge in [0, 0.05) is 31.4 Å². The number of hydrogen-bond donors (Lipinski definition) is 4. The molecular formula is C22H31N3O3. The van der Waals surface area contributed by atoms with E-state index < -0.39 is 6.09 Å². The first-order valence-electron chi connectivity index (χ1n) is 9.82. The van der Waals surface area contributed by atoms with E-state index in [1.165, 1.54) is 5.69 Å². The van der Waals surface area contributed by atoms with Gasteiger partial charge in [-0.1, -0.05) is 18.2 Å². The fourth-order valence-electron chi connectivity index (χ4n) is 3.20. The summed E-state index contributed by atoms with van der Waals surface area (Å²) in [5.74, 6) is 0.205. The number of nitrogens with one attached hydrogen (secondary N) is 2. The van der Waals surface area contributed by atoms with E-state index in [2.05, 4.69) is 53.6 Å². The van der Waals surface area contributed by atoms with Gasteiger partial charge in [0.15, 0.2) is 0 Å². The number of benzene rings is 2. The Balaban J connectivity index is 1.94. The molecule has 0 fully saturated rings. The third kappa shape index (κ3) is 6.37. The van der Waals surface area contributed by atoms with Crippen LogP contribution in [0.5, 0.6) is 5.75 Å². The molecule has 0 spiro atoms. The van der Waals surface area contributed by atoms with Crippen molar-refractivity contribution in [2.45, 2.75) is 46.2 Å². The van der Waals surface area contributed by atoms with E-state index in [1.54, 1.807) is 6.07 Å². The molecule has 152 valence electrons. The van der Waals surface area contributed by atoms with Crippen LogP contribution in [0, 0.1) is 0 Å². The third-order valence-corrected chi connectivity index (χ3v) is 4.82. The summed E-state index contributed by atoms with van der Waals surface area (Å²) in [5, 5.41) is 24.8. The highest BCUT2D eigenvalue weighted by atomic mass is 16.4. The summed E-state index contributed by atoms with van der Waals surface area (Å²) in [7, 11) is 0. The van der Waals surface area contributed by atoms with Gasteiger partial charge >= 0.3 is 6.09 Å². The highest BCUT2D eigenvalue weighted by molar-refractivity contribution is 5.64. The highest BCUT2D eigenvalue weighted by Gasteiger charge is 2.08. The van der Waals surface area contributed by atoms with E-state index in [0.717, 1.165) is 24.2 Å². The van der Waals surface area contributed by atoms with Gasteiger partial charge in [0.05, 0.1) is 5.69 Å². The van der Waals surface area contributed by atoms with Crippen LogP contribution in [-0.4, -0.2) is 35.4 Å². The lowest BCUT2D eigenvalue weighted by atomic mass is 10.1. The minimum absolute atomic E-state index is 0.129. The van der Waals surface area contributed by atoms with Gasteiger partial charge in [0.1, 0.15) is 5.75 Å². The summed E-state index contributed by atoms with van der Waals surface area (Å²) in [5.41, 5.74) is 4.02. The third-order valence-electron chi connectivity index (χ3n) is 4.82. The number of carbonyl (C=O) groups is 1. The van der Waals surface area contributed by atoms with E-state index in [1.807, 2.05) is 19.1 Å². The van der Waals surface area contributed by atoms with Crippen molar-refractivity contribution < 1.29 is 15.0 Å². The quantitative estimate of drug-likeness (QED) is 0.454. The van der Waals surface area contributed by atoms with E-state index in [9.17, 15) is 9.90 Å². The Morgan fingerprint density at radius 1 is 1.11 bits per heavy atom. The predicted octanol–water partition coefficient (Wildman–Crippen LogP) is 4.44. The van der Waals surface area contributed by atoms with Crippen LogP contribution < -0.4 is 15.5 Å². The van der Waals surface area contributed by atoms with Crippen LogP contribution in [0.3, 0.4) is 0 Å². The molecule has 2 rings (SSSR count). The lowest BCUT2D eigenvalue weighted by molar-refractivity contribution is 0.190. The van der Waals surface area contributed by atoms with Crippen LogP contribution in [0.4, 0.5) is 16.2 Å². The van der Waals surface area contributed by atoms with Crippen molar-refractivity contribution in [2.24, 2.45) is 0 Å². The predicted molar refractivity (Wildman–Crippen MR) is 114 cm³/mol. The van der Waals surface area contributed by atoms with Crippen molar-refractivity contribution >= 4 is 17.5 Å². The number of nitrogens with zero attached hydrogens (tertiary/aromatic N) is 1. The van der Waals surface area contributed by atoms with Gasteiger partial charge in [-0.05, 0) is 69.0 Å². The number of anilines is 2. The fraction of sp³-hybridized carbons (Fsp3) is 0.409. The maximum Gasteiger partial charge on any atom is 0.404 e. The van der Waals surface area contributed by atoms with Crippen molar-refractivity contribution in [3.63, 3.8) is 0 Å². The molecule has 6 heteroatoms. The van der Waals surface area contributed by atoms with E-state index in [0.29, 0.717) is 25.1 Å². The van der Waals surface area contributed by atoms with Crippen LogP contribution in [-0.2, 0) is 13.0 Å². The van der Waals surface area contributed by atoms with Crippen molar-refractivity contribution in [3.05, 3.63) is 53.6 Å². The van der Waals surface area contributed by atoms with Crippen molar-refractivity contribution in [2.75, 3.05) is 23.3 Å². The van der Waals surface area contributed by atoms with E-state index in [4.69, 9.17) is 5.11 Å². The molecule has 0 aromatic heterocycles. The molecule has 4 N–H and O–H groups in total. The van der Waals surface area contributed by atoms with Gasteiger partial charge in [-0.3, -0.25) is 0 Å². The largest absolute Gasteiger partial charge is 0.506 e. The Kier molecular flexibility index (Phi) is 7.99. The molecule has 0 saturated carbocycles. The molecule has 6 nitrogen and oxygen atoms in total. The highest BCUT2D eigenvalue weighted by Crippen LogP contribution is 2.26. The normalized spacial score (nSPS) is 11.7. The number of rotatable bonds is 10. The number of phenolic OH excluding ortho intramolecular Hbond substituents is 1. The number of aryl methyl sites for hydroxylation is 1. The van der Waals surface area contributed by atoms with Gasteiger partial charge in [-0.15, -0.1) is 0 Å². The molecule has 1 amide bonds. The summed E-state index contributed by atoms with van der Waals surface area (Å²) in [6, 6.07) is 13.8. The number of carboxylic acid groups (broad SMARTS) is 1. The number of amides is 1. The summed E-state index contributed by atoms with van der Waals surface area (Å²) in [6.07, 6.45) is 0.359. The Labute approximate surface area is 167 Å². The van der Waals surface area contributed by atoms with Gasteiger partial charge in [-0.2, -0.15) is 0 Å². The average Bonchev–Trinajstić information content (AvgIpc) is 2.66. The second-order valence-electron chi connectivity index (χ2n) is 6.94. The zero-order valence-corrected chi connectivity index (χ0v) is 16.9. The monoisotopic (exact) mass is 385 g/mol. The number of phenols is 1. The molecule has 0 heterocycles. The van der Waals surface area contributed by atoms with E-state index in [-0.39, 0.29) is 11.8 Å². The van der Waals surface area contributed by atoms with Gasteiger partial charge in [0.25, 0.3) is 0 Å². The van der Waals surface area contributed by atoms with Crippen molar-refractivity contribution in [3.8, 4) is 5.75 Å². The maximum atomic E-state index is 10.6. The van der Waals surface area contributed by atoms with Gasteiger partial charge in [0.2, 0.25) is 0 Å². The molecule has 2 aromatic carbocycles. The minimum atomic E-state index is -1.01. The lowest BCUT2D eigenvalue weighted by Gasteiger charge is -2.21. The van der Waals surface area contributed by atoms with Crippen LogP contribution in [0.25, 0.3) is 0 Å². The van der Waals surface area contributed by atoms with Gasteiger partial charge in [-0.25, -0.2) is 4.79 Å². The zero-order chi connectivity index (χ0) is 20.5. The number of aromatic hydroxyl groups is 1. The molecule has 0 unspecified atom stereocenters. The van der Waals surface area contributed by atoms with Crippen molar-refractivity contribution in [1.82, 2.24) is 5.32 Å². The Bertz CT molecular complexity index is 775. The Hall–Kier alpha value is -2.89. The summed E-state index contributed by atoms with van der Waals surface area (Å²) >= 11 is 0. The van der Waals surface area contributed by atoms with Crippen LogP contribution >= 0.6 is 0 Å². The van der Waals surface area contributed by atoms with E-state index >= 15 is 0 Å². The molecule has 0 radical (unpaired) electrons. The molecule has 1 atom stereocenters. The fourth-order valence-corrected chi connectivity index (χ4v) is 3.20. The van der Waals surface area contributed by atoms with Crippen LogP contribution in [0.2, 0.25) is 0 Å². The first kappa shape index (κ1) is 21.4. The first-order valence-corrected chi connectivity index (χ1v) is 9.82. The number of hydrogen-bond acceptors (Lipinski definition) is 4. The van der Waals surface area contributed by atoms with Crippen LogP contribution in [0.15, 0.2) is 42.5 Å². The summed E-state index contributed by atoms with van der Waals surface area (Å²) in [4.78, 5) is 12.9. The van der Waals surface area contributed by atoms with Gasteiger partial charge < -0.3 is 25.7 Å². The SMILES string of the molecule is CCN(CC)c1cccc(CNc2ccc(CC[C@H](C)NC(=O)O)cc2O)c1. The average molecular weight is 386 g/mol. The molecule has 2 aromatic rings. The Morgan fingerprint density at radius 2 is 1.86 bits per heavy atom. The van der Waals surface area contributed by atoms with Crippen molar-refractivity contribution in [1.29, 1.82) is 0 Å². The topological polar surface area (TPSA) is 84.8 Å². The molecular weight excluding hydrogens is 354 g/mol. The molecule has 0 saturated heterocycles. The zero-order valence-electron chi connectivity index (χ0n) is 16.9. The minimum Gasteiger partial charge on any atom is -0.506 e. The summed E-state index contributed by atoms with van der Waals surface area (Å²) in [6.45, 7) is 8.68.